The number of hydrogen-bond donors (Lipinski definition) is 1. The lowest BCUT2D eigenvalue weighted by atomic mass is 10.0. The summed E-state index contributed by atoms with van der Waals surface area (Å²) in [6, 6.07) is 26.6. The number of sulfonamides is 1. The van der Waals surface area contributed by atoms with E-state index in [2.05, 4.69) is 5.32 Å². The zero-order valence-corrected chi connectivity index (χ0v) is 27.9. The van der Waals surface area contributed by atoms with Gasteiger partial charge in [0.2, 0.25) is 11.8 Å². The maximum atomic E-state index is 14.5. The van der Waals surface area contributed by atoms with Gasteiger partial charge >= 0.3 is 0 Å². The molecule has 0 spiro atoms. The zero-order valence-electron chi connectivity index (χ0n) is 25.5. The molecule has 0 aliphatic heterocycles. The van der Waals surface area contributed by atoms with Crippen molar-refractivity contribution in [1.82, 2.24) is 10.2 Å². The maximum absolute atomic E-state index is 14.5. The lowest BCUT2D eigenvalue weighted by Crippen LogP contribution is -2.53. The molecule has 0 fully saturated rings. The average Bonchev–Trinajstić information content (AvgIpc) is 3.02. The number of carbonyl (C=O) groups excluding carboxylic acids is 2. The number of carbonyl (C=O) groups is 2. The van der Waals surface area contributed by atoms with Crippen LogP contribution in [0.25, 0.3) is 0 Å². The molecular formula is C35H37Cl2N3O4S. The van der Waals surface area contributed by atoms with Crippen LogP contribution in [0.2, 0.25) is 10.0 Å². The minimum Gasteiger partial charge on any atom is -0.354 e. The number of aryl methyl sites for hydroxylation is 2. The van der Waals surface area contributed by atoms with Crippen molar-refractivity contribution in [3.63, 3.8) is 0 Å². The molecule has 4 aromatic carbocycles. The summed E-state index contributed by atoms with van der Waals surface area (Å²) in [5.74, 6) is -0.868. The van der Waals surface area contributed by atoms with E-state index in [1.807, 2.05) is 63.2 Å². The zero-order chi connectivity index (χ0) is 32.6. The van der Waals surface area contributed by atoms with Crippen LogP contribution in [-0.4, -0.2) is 44.3 Å². The second-order valence-corrected chi connectivity index (χ2v) is 13.6. The van der Waals surface area contributed by atoms with Crippen LogP contribution < -0.4 is 9.62 Å². The van der Waals surface area contributed by atoms with Gasteiger partial charge in [0.15, 0.2) is 0 Å². The SMILES string of the molecule is CCCNC(=O)[C@H](Cc1ccccc1)N(Cc1cccc(Cl)c1)C(=O)CN(c1ccc(C)c(C)c1)S(=O)(=O)c1ccc(Cl)cc1. The Morgan fingerprint density at radius 3 is 2.13 bits per heavy atom. The van der Waals surface area contributed by atoms with Gasteiger partial charge in [-0.2, -0.15) is 0 Å². The summed E-state index contributed by atoms with van der Waals surface area (Å²) in [4.78, 5) is 29.7. The second-order valence-electron chi connectivity index (χ2n) is 10.9. The van der Waals surface area contributed by atoms with Crippen molar-refractivity contribution in [3.8, 4) is 0 Å². The number of hydrogen-bond acceptors (Lipinski definition) is 4. The summed E-state index contributed by atoms with van der Waals surface area (Å²) in [5.41, 5.74) is 3.74. The molecule has 236 valence electrons. The molecule has 0 unspecified atom stereocenters. The third kappa shape index (κ3) is 8.87. The van der Waals surface area contributed by atoms with Gasteiger partial charge in [-0.15, -0.1) is 0 Å². The van der Waals surface area contributed by atoms with Crippen molar-refractivity contribution < 1.29 is 18.0 Å². The van der Waals surface area contributed by atoms with Crippen molar-refractivity contribution in [2.24, 2.45) is 0 Å². The fraction of sp³-hybridized carbons (Fsp3) is 0.257. The molecule has 10 heteroatoms. The Kier molecular flexibility index (Phi) is 11.7. The number of amides is 2. The molecule has 0 aromatic heterocycles. The van der Waals surface area contributed by atoms with E-state index in [-0.39, 0.29) is 23.8 Å². The van der Waals surface area contributed by atoms with E-state index in [1.165, 1.54) is 29.2 Å². The van der Waals surface area contributed by atoms with Crippen molar-refractivity contribution >= 4 is 50.7 Å². The first-order valence-corrected chi connectivity index (χ1v) is 16.9. The van der Waals surface area contributed by atoms with Crippen LogP contribution in [0.15, 0.2) is 102 Å². The predicted octanol–water partition coefficient (Wildman–Crippen LogP) is 6.97. The Bertz CT molecular complexity index is 1730. The Labute approximate surface area is 275 Å². The molecule has 1 N–H and O–H groups in total. The molecule has 45 heavy (non-hydrogen) atoms. The standard InChI is InChI=1S/C35H37Cl2N3O4S/c1-4-19-38-35(42)33(22-27-9-6-5-7-10-27)39(23-28-11-8-12-30(37)21-28)34(41)24-40(31-16-13-25(2)26(3)20-31)45(43,44)32-17-14-29(36)15-18-32/h5-18,20-21,33H,4,19,22-24H2,1-3H3,(H,38,42)/t33-/m0/s1. The van der Waals surface area contributed by atoms with Crippen LogP contribution in [0.4, 0.5) is 5.69 Å². The van der Waals surface area contributed by atoms with Crippen molar-refractivity contribution in [1.29, 1.82) is 0 Å². The number of halogens is 2. The maximum Gasteiger partial charge on any atom is 0.264 e. The van der Waals surface area contributed by atoms with Gasteiger partial charge in [0.05, 0.1) is 10.6 Å². The summed E-state index contributed by atoms with van der Waals surface area (Å²) in [6.07, 6.45) is 0.947. The molecule has 2 amide bonds. The first-order chi connectivity index (χ1) is 21.5. The van der Waals surface area contributed by atoms with E-state index in [4.69, 9.17) is 23.2 Å². The Balaban J connectivity index is 1.81. The van der Waals surface area contributed by atoms with Crippen molar-refractivity contribution in [2.45, 2.75) is 51.1 Å². The lowest BCUT2D eigenvalue weighted by Gasteiger charge is -2.34. The topological polar surface area (TPSA) is 86.8 Å². The molecule has 4 rings (SSSR count). The first kappa shape index (κ1) is 34.0. The minimum atomic E-state index is -4.22. The molecular weight excluding hydrogens is 629 g/mol. The highest BCUT2D eigenvalue weighted by Gasteiger charge is 2.34. The van der Waals surface area contributed by atoms with Crippen molar-refractivity contribution in [2.75, 3.05) is 17.4 Å². The lowest BCUT2D eigenvalue weighted by molar-refractivity contribution is -0.140. The highest BCUT2D eigenvalue weighted by molar-refractivity contribution is 7.92. The van der Waals surface area contributed by atoms with Gasteiger partial charge in [-0.05, 0) is 91.1 Å². The predicted molar refractivity (Wildman–Crippen MR) is 181 cm³/mol. The van der Waals surface area contributed by atoms with Crippen LogP contribution >= 0.6 is 23.2 Å². The summed E-state index contributed by atoms with van der Waals surface area (Å²) in [7, 11) is -4.22. The van der Waals surface area contributed by atoms with Crippen LogP contribution in [-0.2, 0) is 32.6 Å². The van der Waals surface area contributed by atoms with E-state index >= 15 is 0 Å². The third-order valence-electron chi connectivity index (χ3n) is 7.52. The van der Waals surface area contributed by atoms with E-state index < -0.39 is 28.5 Å². The van der Waals surface area contributed by atoms with Crippen LogP contribution in [0.3, 0.4) is 0 Å². The minimum absolute atomic E-state index is 0.0131. The fourth-order valence-corrected chi connectivity index (χ4v) is 6.64. The molecule has 0 saturated carbocycles. The van der Waals surface area contributed by atoms with Gasteiger partial charge in [-0.3, -0.25) is 13.9 Å². The van der Waals surface area contributed by atoms with Gasteiger partial charge in [0.1, 0.15) is 12.6 Å². The monoisotopic (exact) mass is 665 g/mol. The van der Waals surface area contributed by atoms with Gasteiger partial charge in [0, 0.05) is 29.6 Å². The van der Waals surface area contributed by atoms with Crippen LogP contribution in [0.5, 0.6) is 0 Å². The summed E-state index contributed by atoms with van der Waals surface area (Å²) >= 11 is 12.4. The summed E-state index contributed by atoms with van der Waals surface area (Å²) < 4.78 is 29.4. The Hall–Kier alpha value is -3.85. The largest absolute Gasteiger partial charge is 0.354 e. The van der Waals surface area contributed by atoms with Crippen LogP contribution in [0.1, 0.15) is 35.6 Å². The molecule has 0 heterocycles. The summed E-state index contributed by atoms with van der Waals surface area (Å²) in [6.45, 7) is 5.69. The Morgan fingerprint density at radius 1 is 0.800 bits per heavy atom. The summed E-state index contributed by atoms with van der Waals surface area (Å²) in [5, 5.41) is 3.81. The highest BCUT2D eigenvalue weighted by atomic mass is 35.5. The molecule has 0 bridgehead atoms. The first-order valence-electron chi connectivity index (χ1n) is 14.7. The van der Waals surface area contributed by atoms with E-state index in [9.17, 15) is 18.0 Å². The van der Waals surface area contributed by atoms with Gasteiger partial charge in [0.25, 0.3) is 10.0 Å². The van der Waals surface area contributed by atoms with E-state index in [0.717, 1.165) is 21.0 Å². The fourth-order valence-electron chi connectivity index (χ4n) is 4.90. The number of benzene rings is 4. The second kappa shape index (κ2) is 15.4. The normalized spacial score (nSPS) is 11.9. The molecule has 7 nitrogen and oxygen atoms in total. The quantitative estimate of drug-likeness (QED) is 0.167. The van der Waals surface area contributed by atoms with E-state index in [1.54, 1.807) is 30.3 Å². The van der Waals surface area contributed by atoms with E-state index in [0.29, 0.717) is 34.3 Å². The average molecular weight is 667 g/mol. The molecule has 1 atom stereocenters. The Morgan fingerprint density at radius 2 is 1.49 bits per heavy atom. The molecule has 4 aromatic rings. The molecule has 0 radical (unpaired) electrons. The van der Waals surface area contributed by atoms with Gasteiger partial charge in [-0.1, -0.05) is 78.7 Å². The number of nitrogens with zero attached hydrogens (tertiary/aromatic N) is 2. The van der Waals surface area contributed by atoms with Gasteiger partial charge in [-0.25, -0.2) is 8.42 Å². The smallest absolute Gasteiger partial charge is 0.264 e. The van der Waals surface area contributed by atoms with Gasteiger partial charge < -0.3 is 10.2 Å². The van der Waals surface area contributed by atoms with Crippen LogP contribution in [0, 0.1) is 13.8 Å². The third-order valence-corrected chi connectivity index (χ3v) is 9.80. The number of nitrogens with one attached hydrogen (secondary N) is 1. The van der Waals surface area contributed by atoms with Crippen molar-refractivity contribution in [3.05, 3.63) is 129 Å². The number of anilines is 1. The molecule has 0 aliphatic carbocycles. The highest BCUT2D eigenvalue weighted by Crippen LogP contribution is 2.28. The molecule has 0 saturated heterocycles. The molecule has 0 aliphatic rings. The number of rotatable bonds is 13.